The quantitative estimate of drug-likeness (QED) is 0.465. The van der Waals surface area contributed by atoms with Crippen molar-refractivity contribution in [1.29, 1.82) is 0 Å². The molecule has 13 heavy (non-hydrogen) atoms. The van der Waals surface area contributed by atoms with Crippen molar-refractivity contribution in [3.63, 3.8) is 0 Å². The van der Waals surface area contributed by atoms with Crippen LogP contribution in [0.4, 0.5) is 0 Å². The lowest BCUT2D eigenvalue weighted by Crippen LogP contribution is -2.57. The summed E-state index contributed by atoms with van der Waals surface area (Å²) in [6.07, 6.45) is 0.768. The third-order valence-electron chi connectivity index (χ3n) is 2.63. The molecule has 0 saturated carbocycles. The van der Waals surface area contributed by atoms with Crippen LogP contribution in [0.25, 0.3) is 0 Å². The lowest BCUT2D eigenvalue weighted by atomic mass is 10.1. The molecule has 0 bridgehead atoms. The molecule has 2 saturated heterocycles. The molecule has 0 aromatic carbocycles. The molecule has 0 spiro atoms. The number of hydrogen-bond donors (Lipinski definition) is 4. The third kappa shape index (κ3) is 3.07. The molecule has 0 unspecified atom stereocenters. The second kappa shape index (κ2) is 5.12. The van der Waals surface area contributed by atoms with Gasteiger partial charge in [-0.05, 0) is 6.42 Å². The molecular formula is C8H18ClN3O. The standard InChI is InChI=1S/C8H17N3O.ClH/c12-8-1-6(11-5-8)4-10-7-2-9-3-7;/h6-12H,1-5H2;1H/t6-,8+;/m0./s1. The van der Waals surface area contributed by atoms with Crippen LogP contribution in [-0.4, -0.2) is 49.5 Å². The van der Waals surface area contributed by atoms with Crippen LogP contribution < -0.4 is 16.0 Å². The van der Waals surface area contributed by atoms with E-state index >= 15 is 0 Å². The number of aliphatic hydroxyl groups is 1. The molecule has 2 aliphatic rings. The molecule has 2 atom stereocenters. The van der Waals surface area contributed by atoms with Crippen LogP contribution in [0.5, 0.6) is 0 Å². The summed E-state index contributed by atoms with van der Waals surface area (Å²) >= 11 is 0. The molecule has 5 heteroatoms. The van der Waals surface area contributed by atoms with E-state index in [1.165, 1.54) is 0 Å². The monoisotopic (exact) mass is 207 g/mol. The molecule has 0 amide bonds. The van der Waals surface area contributed by atoms with Gasteiger partial charge in [0.25, 0.3) is 0 Å². The van der Waals surface area contributed by atoms with Gasteiger partial charge in [-0.15, -0.1) is 12.4 Å². The summed E-state index contributed by atoms with van der Waals surface area (Å²) in [5.41, 5.74) is 0. The summed E-state index contributed by atoms with van der Waals surface area (Å²) < 4.78 is 0. The SMILES string of the molecule is Cl.O[C@H]1CN[C@H](CNC2CNC2)C1. The Labute approximate surface area is 84.9 Å². The summed E-state index contributed by atoms with van der Waals surface area (Å²) in [6, 6.07) is 1.13. The van der Waals surface area contributed by atoms with E-state index in [1.807, 2.05) is 0 Å². The minimum atomic E-state index is -0.128. The number of β-amino-alcohol motifs (C(OH)–C–C–N with tert-alkyl or cyclic N) is 1. The van der Waals surface area contributed by atoms with E-state index in [0.717, 1.165) is 32.6 Å². The summed E-state index contributed by atoms with van der Waals surface area (Å²) in [6.45, 7) is 3.93. The predicted octanol–water partition coefficient (Wildman–Crippen LogP) is -1.31. The van der Waals surface area contributed by atoms with E-state index in [0.29, 0.717) is 12.1 Å². The molecule has 4 N–H and O–H groups in total. The van der Waals surface area contributed by atoms with Gasteiger partial charge in [-0.1, -0.05) is 0 Å². The lowest BCUT2D eigenvalue weighted by Gasteiger charge is -2.29. The molecule has 2 rings (SSSR count). The van der Waals surface area contributed by atoms with Crippen LogP contribution in [-0.2, 0) is 0 Å². The molecule has 0 aromatic rings. The van der Waals surface area contributed by atoms with E-state index in [4.69, 9.17) is 0 Å². The van der Waals surface area contributed by atoms with Gasteiger partial charge < -0.3 is 21.1 Å². The largest absolute Gasteiger partial charge is 0.392 e. The molecule has 0 aliphatic carbocycles. The molecule has 0 aromatic heterocycles. The average molecular weight is 208 g/mol. The molecule has 2 fully saturated rings. The fourth-order valence-electron chi connectivity index (χ4n) is 1.70. The maximum atomic E-state index is 9.23. The highest BCUT2D eigenvalue weighted by atomic mass is 35.5. The highest BCUT2D eigenvalue weighted by Crippen LogP contribution is 2.05. The first kappa shape index (κ1) is 11.2. The van der Waals surface area contributed by atoms with Gasteiger partial charge in [0.2, 0.25) is 0 Å². The Morgan fingerprint density at radius 2 is 2.08 bits per heavy atom. The molecule has 2 heterocycles. The molecule has 0 radical (unpaired) electrons. The van der Waals surface area contributed by atoms with E-state index < -0.39 is 0 Å². The fourth-order valence-corrected chi connectivity index (χ4v) is 1.70. The summed E-state index contributed by atoms with van der Waals surface area (Å²) in [5.74, 6) is 0. The van der Waals surface area contributed by atoms with Crippen LogP contribution >= 0.6 is 12.4 Å². The van der Waals surface area contributed by atoms with E-state index in [1.54, 1.807) is 0 Å². The zero-order valence-corrected chi connectivity index (χ0v) is 8.44. The van der Waals surface area contributed by atoms with Crippen molar-refractivity contribution in [3.05, 3.63) is 0 Å². The maximum absolute atomic E-state index is 9.23. The highest BCUT2D eigenvalue weighted by molar-refractivity contribution is 5.85. The Kier molecular flexibility index (Phi) is 4.41. The Hall–Kier alpha value is 0.130. The van der Waals surface area contributed by atoms with Gasteiger partial charge in [0.15, 0.2) is 0 Å². The van der Waals surface area contributed by atoms with Gasteiger partial charge in [-0.25, -0.2) is 0 Å². The van der Waals surface area contributed by atoms with Crippen LogP contribution in [0.2, 0.25) is 0 Å². The van der Waals surface area contributed by atoms with Gasteiger partial charge in [-0.3, -0.25) is 0 Å². The van der Waals surface area contributed by atoms with Crippen molar-refractivity contribution in [1.82, 2.24) is 16.0 Å². The number of halogens is 1. The van der Waals surface area contributed by atoms with Gasteiger partial charge in [0, 0.05) is 38.3 Å². The topological polar surface area (TPSA) is 56.3 Å². The fraction of sp³-hybridized carbons (Fsp3) is 1.00. The molecular weight excluding hydrogens is 190 g/mol. The number of nitrogens with one attached hydrogen (secondary N) is 3. The van der Waals surface area contributed by atoms with Crippen molar-refractivity contribution >= 4 is 12.4 Å². The normalized spacial score (nSPS) is 33.9. The van der Waals surface area contributed by atoms with Gasteiger partial charge in [0.1, 0.15) is 0 Å². The lowest BCUT2D eigenvalue weighted by molar-refractivity contribution is 0.192. The Bertz CT molecular complexity index is 154. The van der Waals surface area contributed by atoms with Gasteiger partial charge in [0.05, 0.1) is 6.10 Å². The number of rotatable bonds is 3. The molecule has 4 nitrogen and oxygen atoms in total. The molecule has 78 valence electrons. The second-order valence-electron chi connectivity index (χ2n) is 3.76. The van der Waals surface area contributed by atoms with Crippen LogP contribution in [0.15, 0.2) is 0 Å². The zero-order valence-electron chi connectivity index (χ0n) is 7.62. The first-order chi connectivity index (χ1) is 5.84. The first-order valence-corrected chi connectivity index (χ1v) is 4.70. The average Bonchev–Trinajstić information content (AvgIpc) is 2.32. The summed E-state index contributed by atoms with van der Waals surface area (Å²) in [7, 11) is 0. The highest BCUT2D eigenvalue weighted by Gasteiger charge is 2.23. The second-order valence-corrected chi connectivity index (χ2v) is 3.76. The van der Waals surface area contributed by atoms with Crippen LogP contribution in [0, 0.1) is 0 Å². The summed E-state index contributed by atoms with van der Waals surface area (Å²) in [4.78, 5) is 0. The van der Waals surface area contributed by atoms with Crippen molar-refractivity contribution < 1.29 is 5.11 Å². The van der Waals surface area contributed by atoms with Gasteiger partial charge >= 0.3 is 0 Å². The van der Waals surface area contributed by atoms with Crippen LogP contribution in [0.1, 0.15) is 6.42 Å². The number of aliphatic hydroxyl groups excluding tert-OH is 1. The van der Waals surface area contributed by atoms with Crippen molar-refractivity contribution in [2.45, 2.75) is 24.6 Å². The van der Waals surface area contributed by atoms with Crippen molar-refractivity contribution in [3.8, 4) is 0 Å². The van der Waals surface area contributed by atoms with Crippen molar-refractivity contribution in [2.75, 3.05) is 26.2 Å². The van der Waals surface area contributed by atoms with Crippen LogP contribution in [0.3, 0.4) is 0 Å². The minimum Gasteiger partial charge on any atom is -0.392 e. The zero-order chi connectivity index (χ0) is 8.39. The van der Waals surface area contributed by atoms with Crippen molar-refractivity contribution in [2.24, 2.45) is 0 Å². The first-order valence-electron chi connectivity index (χ1n) is 4.70. The maximum Gasteiger partial charge on any atom is 0.0680 e. The Balaban J connectivity index is 0.000000845. The van der Waals surface area contributed by atoms with E-state index in [9.17, 15) is 5.11 Å². The smallest absolute Gasteiger partial charge is 0.0680 e. The Morgan fingerprint density at radius 1 is 1.31 bits per heavy atom. The predicted molar refractivity (Wildman–Crippen MR) is 54.3 cm³/mol. The minimum absolute atomic E-state index is 0. The molecule has 2 aliphatic heterocycles. The third-order valence-corrected chi connectivity index (χ3v) is 2.63. The number of hydrogen-bond acceptors (Lipinski definition) is 4. The van der Waals surface area contributed by atoms with E-state index in [-0.39, 0.29) is 18.5 Å². The van der Waals surface area contributed by atoms with Gasteiger partial charge in [-0.2, -0.15) is 0 Å². The summed E-state index contributed by atoms with van der Waals surface area (Å²) in [5, 5.41) is 19.2. The Morgan fingerprint density at radius 3 is 2.54 bits per heavy atom. The van der Waals surface area contributed by atoms with E-state index in [2.05, 4.69) is 16.0 Å².